The molecule has 1 N–H and O–H groups in total. The first kappa shape index (κ1) is 18.8. The van der Waals surface area contributed by atoms with Gasteiger partial charge >= 0.3 is 0 Å². The van der Waals surface area contributed by atoms with Crippen molar-refractivity contribution in [1.29, 1.82) is 5.26 Å². The van der Waals surface area contributed by atoms with Gasteiger partial charge in [0.05, 0.1) is 31.2 Å². The fourth-order valence-electron chi connectivity index (χ4n) is 2.29. The number of H-pyrrole nitrogens is 1. The molecule has 0 aliphatic rings. The fraction of sp³-hybridized carbons (Fsp3) is 0.278. The summed E-state index contributed by atoms with van der Waals surface area (Å²) in [6.45, 7) is 1.25. The van der Waals surface area contributed by atoms with E-state index < -0.39 is 0 Å². The van der Waals surface area contributed by atoms with Gasteiger partial charge in [-0.25, -0.2) is 4.98 Å². The lowest BCUT2D eigenvalue weighted by atomic mass is 10.1. The third-order valence-corrected chi connectivity index (χ3v) is 4.53. The summed E-state index contributed by atoms with van der Waals surface area (Å²) in [4.78, 5) is 4.46. The number of methoxy groups -OCH3 is 1. The summed E-state index contributed by atoms with van der Waals surface area (Å²) in [6.07, 6.45) is 3.17. The molecule has 138 valence electrons. The molecule has 0 aliphatic carbocycles. The highest BCUT2D eigenvalue weighted by atomic mass is 32.2. The number of nitrogens with zero attached hydrogens (tertiary/aromatic N) is 5. The molecule has 0 unspecified atom stereocenters. The molecule has 0 saturated carbocycles. The normalized spacial score (nSPS) is 10.5. The van der Waals surface area contributed by atoms with Crippen molar-refractivity contribution >= 4 is 11.8 Å². The average Bonchev–Trinajstić information content (AvgIpc) is 3.21. The van der Waals surface area contributed by atoms with Crippen LogP contribution in [-0.2, 0) is 4.74 Å². The van der Waals surface area contributed by atoms with Gasteiger partial charge in [-0.2, -0.15) is 32.3 Å². The number of nitriles is 1. The van der Waals surface area contributed by atoms with Crippen molar-refractivity contribution in [1.82, 2.24) is 25.4 Å². The van der Waals surface area contributed by atoms with E-state index >= 15 is 0 Å². The molecular weight excluding hydrogens is 364 g/mol. The maximum absolute atomic E-state index is 9.43. The Morgan fingerprint density at radius 2 is 2.04 bits per heavy atom. The summed E-state index contributed by atoms with van der Waals surface area (Å²) in [7, 11) is 1.68. The minimum absolute atomic E-state index is 0.456. The molecule has 2 heterocycles. The van der Waals surface area contributed by atoms with E-state index in [9.17, 15) is 5.26 Å². The number of aromatic amines is 1. The Labute approximate surface area is 161 Å². The van der Waals surface area contributed by atoms with Crippen molar-refractivity contribution in [2.75, 3.05) is 31.8 Å². The molecule has 0 aliphatic heterocycles. The Kier molecular flexibility index (Phi) is 6.73. The van der Waals surface area contributed by atoms with Crippen LogP contribution in [0, 0.1) is 11.3 Å². The zero-order chi connectivity index (χ0) is 18.9. The first-order valence-corrected chi connectivity index (χ1v) is 9.40. The van der Waals surface area contributed by atoms with Gasteiger partial charge in [0.2, 0.25) is 0 Å². The lowest BCUT2D eigenvalue weighted by Gasteiger charge is -2.08. The first-order chi connectivity index (χ1) is 13.3. The highest BCUT2D eigenvalue weighted by molar-refractivity contribution is 7.99. The number of nitrogens with one attached hydrogen (secondary N) is 1. The van der Waals surface area contributed by atoms with Gasteiger partial charge in [-0.3, -0.25) is 5.10 Å². The summed E-state index contributed by atoms with van der Waals surface area (Å²) in [5.74, 6) is 3.41. The van der Waals surface area contributed by atoms with Crippen molar-refractivity contribution in [3.05, 3.63) is 42.2 Å². The van der Waals surface area contributed by atoms with Crippen molar-refractivity contribution in [3.8, 4) is 34.6 Å². The predicted octanol–water partition coefficient (Wildman–Crippen LogP) is 2.56. The van der Waals surface area contributed by atoms with Crippen molar-refractivity contribution in [2.24, 2.45) is 0 Å². The Morgan fingerprint density at radius 3 is 2.81 bits per heavy atom. The van der Waals surface area contributed by atoms with Crippen LogP contribution in [0.1, 0.15) is 5.56 Å². The predicted molar refractivity (Wildman–Crippen MR) is 102 cm³/mol. The summed E-state index contributed by atoms with van der Waals surface area (Å²) in [5.41, 5.74) is 1.98. The van der Waals surface area contributed by atoms with E-state index in [0.717, 1.165) is 29.2 Å². The van der Waals surface area contributed by atoms with Gasteiger partial charge in [0.1, 0.15) is 11.8 Å². The molecule has 1 aromatic carbocycles. The van der Waals surface area contributed by atoms with E-state index in [4.69, 9.17) is 9.47 Å². The molecule has 0 spiro atoms. The zero-order valence-corrected chi connectivity index (χ0v) is 15.6. The highest BCUT2D eigenvalue weighted by Gasteiger charge is 2.11. The van der Waals surface area contributed by atoms with Gasteiger partial charge < -0.3 is 9.47 Å². The molecule has 0 atom stereocenters. The van der Waals surface area contributed by atoms with Crippen LogP contribution in [-0.4, -0.2) is 57.2 Å². The third kappa shape index (κ3) is 5.03. The lowest BCUT2D eigenvalue weighted by molar-refractivity contribution is 0.218. The van der Waals surface area contributed by atoms with Gasteiger partial charge in [-0.05, 0) is 24.3 Å². The summed E-state index contributed by atoms with van der Waals surface area (Å²) in [6, 6.07) is 9.32. The van der Waals surface area contributed by atoms with Crippen LogP contribution in [0.25, 0.3) is 22.8 Å². The van der Waals surface area contributed by atoms with Crippen LogP contribution in [0.4, 0.5) is 0 Å². The van der Waals surface area contributed by atoms with Crippen LogP contribution in [0.15, 0.2) is 36.7 Å². The standard InChI is InChI=1S/C18H18N6O2S/c1-25-6-8-27-9-7-26-16-3-2-13(10-15(16)11-19)17-22-18(24-23-17)14-4-5-20-21-12-14/h2-5,10,12H,6-9H2,1H3,(H,22,23,24). The fourth-order valence-corrected chi connectivity index (χ4v) is 2.98. The SMILES string of the molecule is COCCSCCOc1ccc(-c2nc(-c3ccnnc3)n[nH]2)cc1C#N. The monoisotopic (exact) mass is 382 g/mol. The van der Waals surface area contributed by atoms with Gasteiger partial charge in [0.25, 0.3) is 0 Å². The molecule has 27 heavy (non-hydrogen) atoms. The van der Waals surface area contributed by atoms with Gasteiger partial charge in [0.15, 0.2) is 11.6 Å². The summed E-state index contributed by atoms with van der Waals surface area (Å²) < 4.78 is 10.7. The Hall–Kier alpha value is -2.96. The lowest BCUT2D eigenvalue weighted by Crippen LogP contribution is -2.03. The van der Waals surface area contributed by atoms with Crippen LogP contribution < -0.4 is 4.74 Å². The molecule has 3 rings (SSSR count). The molecule has 0 fully saturated rings. The van der Waals surface area contributed by atoms with Gasteiger partial charge in [-0.1, -0.05) is 0 Å². The van der Waals surface area contributed by atoms with Gasteiger partial charge in [-0.15, -0.1) is 0 Å². The van der Waals surface area contributed by atoms with E-state index in [-0.39, 0.29) is 0 Å². The summed E-state index contributed by atoms with van der Waals surface area (Å²) in [5, 5.41) is 24.1. The van der Waals surface area contributed by atoms with Crippen molar-refractivity contribution < 1.29 is 9.47 Å². The number of aromatic nitrogens is 5. The number of hydrogen-bond acceptors (Lipinski definition) is 8. The number of ether oxygens (including phenoxy) is 2. The largest absolute Gasteiger partial charge is 0.491 e. The molecular formula is C18H18N6O2S. The third-order valence-electron chi connectivity index (χ3n) is 3.62. The number of benzene rings is 1. The van der Waals surface area contributed by atoms with Crippen LogP contribution in [0.2, 0.25) is 0 Å². The molecule has 0 amide bonds. The van der Waals surface area contributed by atoms with E-state index in [0.29, 0.717) is 29.6 Å². The second-order valence-corrected chi connectivity index (χ2v) is 6.64. The van der Waals surface area contributed by atoms with E-state index in [1.54, 1.807) is 49.5 Å². The second kappa shape index (κ2) is 9.66. The Balaban J connectivity index is 1.68. The maximum atomic E-state index is 9.43. The van der Waals surface area contributed by atoms with Crippen LogP contribution in [0.3, 0.4) is 0 Å². The molecule has 0 saturated heterocycles. The molecule has 0 bridgehead atoms. The Morgan fingerprint density at radius 1 is 1.15 bits per heavy atom. The Bertz CT molecular complexity index is 910. The number of rotatable bonds is 9. The quantitative estimate of drug-likeness (QED) is 0.562. The molecule has 9 heteroatoms. The zero-order valence-electron chi connectivity index (χ0n) is 14.8. The van der Waals surface area contributed by atoms with Gasteiger partial charge in [0, 0.05) is 29.7 Å². The minimum Gasteiger partial charge on any atom is -0.491 e. The van der Waals surface area contributed by atoms with E-state index in [1.165, 1.54) is 0 Å². The first-order valence-electron chi connectivity index (χ1n) is 8.25. The topological polar surface area (TPSA) is 110 Å². The van der Waals surface area contributed by atoms with Crippen LogP contribution in [0.5, 0.6) is 5.75 Å². The minimum atomic E-state index is 0.456. The molecule has 0 radical (unpaired) electrons. The van der Waals surface area contributed by atoms with Crippen molar-refractivity contribution in [2.45, 2.75) is 0 Å². The average molecular weight is 382 g/mol. The van der Waals surface area contributed by atoms with Crippen molar-refractivity contribution in [3.63, 3.8) is 0 Å². The molecule has 3 aromatic rings. The second-order valence-electron chi connectivity index (χ2n) is 5.42. The smallest absolute Gasteiger partial charge is 0.183 e. The molecule has 8 nitrogen and oxygen atoms in total. The molecule has 2 aromatic heterocycles. The van der Waals surface area contributed by atoms with Crippen LogP contribution >= 0.6 is 11.8 Å². The van der Waals surface area contributed by atoms with E-state index in [2.05, 4.69) is 31.4 Å². The maximum Gasteiger partial charge on any atom is 0.183 e. The highest BCUT2D eigenvalue weighted by Crippen LogP contribution is 2.25. The van der Waals surface area contributed by atoms with E-state index in [1.807, 2.05) is 6.07 Å². The number of hydrogen-bond donors (Lipinski definition) is 1. The summed E-state index contributed by atoms with van der Waals surface area (Å²) >= 11 is 1.75. The number of thioether (sulfide) groups is 1.